The molecule has 4 rings (SSSR count). The Hall–Kier alpha value is -1.69. The van der Waals surface area contributed by atoms with E-state index in [4.69, 9.17) is 0 Å². The molecule has 2 saturated carbocycles. The smallest absolute Gasteiger partial charge is 0.262 e. The van der Waals surface area contributed by atoms with Crippen LogP contribution in [0.15, 0.2) is 17.2 Å². The van der Waals surface area contributed by atoms with Crippen molar-refractivity contribution in [1.82, 2.24) is 14.9 Å². The zero-order chi connectivity index (χ0) is 17.6. The lowest BCUT2D eigenvalue weighted by atomic mass is 9.76. The Labute approximate surface area is 151 Å². The van der Waals surface area contributed by atoms with Gasteiger partial charge in [-0.25, -0.2) is 4.98 Å². The topological polar surface area (TPSA) is 64.0 Å². The van der Waals surface area contributed by atoms with Gasteiger partial charge in [0.2, 0.25) is 5.91 Å². The standard InChI is InChI=1S/C19H25N3O2S/c1-3-14-7-15-17(25-14)20-11-22(18(15)24)10-16(23)21-19(2)8-12-4-5-13(6-12)9-19/h7,11-13H,3-6,8-10H2,1-2H3,(H,21,23). The van der Waals surface area contributed by atoms with Gasteiger partial charge in [-0.15, -0.1) is 11.3 Å². The molecular formula is C19H25N3O2S. The molecule has 2 aliphatic carbocycles. The number of aromatic nitrogens is 2. The third-order valence-corrected chi connectivity index (χ3v) is 6.99. The molecule has 1 N–H and O–H groups in total. The Morgan fingerprint density at radius 3 is 2.80 bits per heavy atom. The van der Waals surface area contributed by atoms with Crippen LogP contribution in [0, 0.1) is 11.8 Å². The summed E-state index contributed by atoms with van der Waals surface area (Å²) in [6.45, 7) is 4.27. The van der Waals surface area contributed by atoms with Crippen molar-refractivity contribution in [1.29, 1.82) is 0 Å². The van der Waals surface area contributed by atoms with Gasteiger partial charge in [0.15, 0.2) is 0 Å². The van der Waals surface area contributed by atoms with Crippen LogP contribution in [0.25, 0.3) is 10.2 Å². The van der Waals surface area contributed by atoms with E-state index in [1.807, 2.05) is 6.07 Å². The predicted molar refractivity (Wildman–Crippen MR) is 99.9 cm³/mol. The first kappa shape index (κ1) is 16.8. The number of carbonyl (C=O) groups is 1. The summed E-state index contributed by atoms with van der Waals surface area (Å²) in [5.41, 5.74) is -0.245. The maximum Gasteiger partial charge on any atom is 0.262 e. The van der Waals surface area contributed by atoms with Crippen LogP contribution < -0.4 is 10.9 Å². The van der Waals surface area contributed by atoms with Gasteiger partial charge in [-0.3, -0.25) is 14.2 Å². The molecule has 2 aromatic heterocycles. The fourth-order valence-electron chi connectivity index (χ4n) is 4.84. The number of carbonyl (C=O) groups excluding carboxylic acids is 1. The summed E-state index contributed by atoms with van der Waals surface area (Å²) >= 11 is 1.55. The Bertz CT molecular complexity index is 857. The molecule has 25 heavy (non-hydrogen) atoms. The second kappa shape index (κ2) is 6.24. The van der Waals surface area contributed by atoms with Crippen LogP contribution in [0.5, 0.6) is 0 Å². The monoisotopic (exact) mass is 359 g/mol. The van der Waals surface area contributed by atoms with E-state index in [2.05, 4.69) is 24.1 Å². The maximum atomic E-state index is 12.6. The summed E-state index contributed by atoms with van der Waals surface area (Å²) in [5.74, 6) is 1.42. The molecular weight excluding hydrogens is 334 g/mol. The minimum atomic E-state index is -0.125. The van der Waals surface area contributed by atoms with E-state index in [0.29, 0.717) is 5.39 Å². The normalized spacial score (nSPS) is 28.4. The lowest BCUT2D eigenvalue weighted by Crippen LogP contribution is -2.51. The average Bonchev–Trinajstić information content (AvgIpc) is 3.13. The minimum absolute atomic E-state index is 0.0456. The second-order valence-electron chi connectivity index (χ2n) is 8.02. The van der Waals surface area contributed by atoms with Crippen LogP contribution in [-0.4, -0.2) is 21.0 Å². The Balaban J connectivity index is 1.50. The van der Waals surface area contributed by atoms with Crippen LogP contribution in [0.3, 0.4) is 0 Å². The van der Waals surface area contributed by atoms with Gasteiger partial charge in [-0.1, -0.05) is 19.8 Å². The Morgan fingerprint density at radius 1 is 1.40 bits per heavy atom. The van der Waals surface area contributed by atoms with E-state index in [9.17, 15) is 9.59 Å². The maximum absolute atomic E-state index is 12.6. The van der Waals surface area contributed by atoms with Crippen LogP contribution in [0.4, 0.5) is 0 Å². The first-order valence-electron chi connectivity index (χ1n) is 9.24. The molecule has 2 fully saturated rings. The fourth-order valence-corrected chi connectivity index (χ4v) is 5.76. The first-order chi connectivity index (χ1) is 12.0. The molecule has 2 aliphatic rings. The summed E-state index contributed by atoms with van der Waals surface area (Å²) < 4.78 is 1.44. The van der Waals surface area contributed by atoms with Crippen molar-refractivity contribution < 1.29 is 4.79 Å². The molecule has 2 unspecified atom stereocenters. The highest BCUT2D eigenvalue weighted by Gasteiger charge is 2.41. The molecule has 1 amide bonds. The molecule has 0 aromatic carbocycles. The van der Waals surface area contributed by atoms with E-state index >= 15 is 0 Å². The minimum Gasteiger partial charge on any atom is -0.349 e. The number of rotatable bonds is 4. The summed E-state index contributed by atoms with van der Waals surface area (Å²) in [4.78, 5) is 31.5. The van der Waals surface area contributed by atoms with Crippen LogP contribution in [0.2, 0.25) is 0 Å². The third kappa shape index (κ3) is 3.24. The number of fused-ring (bicyclic) bond motifs is 3. The molecule has 0 radical (unpaired) electrons. The van der Waals surface area contributed by atoms with Crippen molar-refractivity contribution in [3.63, 3.8) is 0 Å². The van der Waals surface area contributed by atoms with Crippen LogP contribution in [0.1, 0.15) is 50.8 Å². The van der Waals surface area contributed by atoms with Crippen LogP contribution >= 0.6 is 11.3 Å². The molecule has 0 aliphatic heterocycles. The molecule has 0 spiro atoms. The SMILES string of the molecule is CCc1cc2c(=O)n(CC(=O)NC3(C)CC4CCC(C4)C3)cnc2s1. The highest BCUT2D eigenvalue weighted by Crippen LogP contribution is 2.46. The predicted octanol–water partition coefficient (Wildman–Crippen LogP) is 3.11. The number of amides is 1. The van der Waals surface area contributed by atoms with Crippen molar-refractivity contribution in [2.75, 3.05) is 0 Å². The van der Waals surface area contributed by atoms with Crippen LogP contribution in [-0.2, 0) is 17.8 Å². The molecule has 2 heterocycles. The van der Waals surface area contributed by atoms with Gasteiger partial charge in [-0.2, -0.15) is 0 Å². The molecule has 0 saturated heterocycles. The number of hydrogen-bond donors (Lipinski definition) is 1. The number of nitrogens with zero attached hydrogens (tertiary/aromatic N) is 2. The van der Waals surface area contributed by atoms with Gasteiger partial charge < -0.3 is 5.32 Å². The largest absolute Gasteiger partial charge is 0.349 e. The zero-order valence-corrected chi connectivity index (χ0v) is 15.7. The summed E-state index contributed by atoms with van der Waals surface area (Å²) in [5, 5.41) is 3.84. The van der Waals surface area contributed by atoms with Crippen molar-refractivity contribution in [3.8, 4) is 0 Å². The van der Waals surface area contributed by atoms with Gasteiger partial charge in [0.1, 0.15) is 11.4 Å². The number of nitrogens with one attached hydrogen (secondary N) is 1. The summed E-state index contributed by atoms with van der Waals surface area (Å²) in [6, 6.07) is 1.91. The van der Waals surface area contributed by atoms with Gasteiger partial charge in [-0.05, 0) is 50.5 Å². The quantitative estimate of drug-likeness (QED) is 0.912. The third-order valence-electron chi connectivity index (χ3n) is 5.80. The van der Waals surface area contributed by atoms with E-state index in [1.165, 1.54) is 30.2 Å². The fraction of sp³-hybridized carbons (Fsp3) is 0.632. The van der Waals surface area contributed by atoms with Crippen molar-refractivity contribution >= 4 is 27.5 Å². The lowest BCUT2D eigenvalue weighted by Gasteiger charge is -2.38. The van der Waals surface area contributed by atoms with E-state index in [1.54, 1.807) is 11.3 Å². The second-order valence-corrected chi connectivity index (χ2v) is 9.14. The van der Waals surface area contributed by atoms with E-state index < -0.39 is 0 Å². The molecule has 2 aromatic rings. The number of thiophene rings is 1. The average molecular weight is 359 g/mol. The Kier molecular flexibility index (Phi) is 4.18. The van der Waals surface area contributed by atoms with Crippen molar-refractivity contribution in [2.45, 2.75) is 64.5 Å². The first-order valence-corrected chi connectivity index (χ1v) is 10.1. The molecule has 2 bridgehead atoms. The van der Waals surface area contributed by atoms with Crippen molar-refractivity contribution in [3.05, 3.63) is 27.6 Å². The summed E-state index contributed by atoms with van der Waals surface area (Å²) in [6.07, 6.45) is 8.44. The van der Waals surface area contributed by atoms with Gasteiger partial charge >= 0.3 is 0 Å². The van der Waals surface area contributed by atoms with Gasteiger partial charge in [0, 0.05) is 10.4 Å². The number of hydrogen-bond acceptors (Lipinski definition) is 4. The van der Waals surface area contributed by atoms with E-state index in [-0.39, 0.29) is 23.6 Å². The molecule has 5 nitrogen and oxygen atoms in total. The lowest BCUT2D eigenvalue weighted by molar-refractivity contribution is -0.124. The zero-order valence-electron chi connectivity index (χ0n) is 14.9. The molecule has 2 atom stereocenters. The number of aryl methyl sites for hydroxylation is 1. The van der Waals surface area contributed by atoms with Crippen molar-refractivity contribution in [2.24, 2.45) is 11.8 Å². The van der Waals surface area contributed by atoms with E-state index in [0.717, 1.165) is 40.8 Å². The molecule has 134 valence electrons. The highest BCUT2D eigenvalue weighted by atomic mass is 32.1. The highest BCUT2D eigenvalue weighted by molar-refractivity contribution is 7.18. The molecule has 6 heteroatoms. The Morgan fingerprint density at radius 2 is 2.12 bits per heavy atom. The summed E-state index contributed by atoms with van der Waals surface area (Å²) in [7, 11) is 0. The van der Waals surface area contributed by atoms with Gasteiger partial charge in [0.25, 0.3) is 5.56 Å². The van der Waals surface area contributed by atoms with Gasteiger partial charge in [0.05, 0.1) is 11.7 Å².